The number of hydrogen-bond acceptors (Lipinski definition) is 8. The molecule has 0 bridgehead atoms. The molecule has 3 aliphatic rings. The number of carbonyl (C=O) groups excluding carboxylic acids is 1. The predicted octanol–water partition coefficient (Wildman–Crippen LogP) is 2.45. The van der Waals surface area contributed by atoms with E-state index in [1.165, 1.54) is 19.3 Å². The summed E-state index contributed by atoms with van der Waals surface area (Å²) in [5.41, 5.74) is 3.36. The van der Waals surface area contributed by atoms with Crippen molar-refractivity contribution in [2.24, 2.45) is 0 Å². The topological polar surface area (TPSA) is 98.4 Å². The van der Waals surface area contributed by atoms with E-state index < -0.39 is 0 Å². The number of hydrogen-bond donors (Lipinski definition) is 3. The van der Waals surface area contributed by atoms with E-state index in [4.69, 9.17) is 4.74 Å². The van der Waals surface area contributed by atoms with Gasteiger partial charge in [-0.1, -0.05) is 0 Å². The highest BCUT2D eigenvalue weighted by Crippen LogP contribution is 2.35. The number of rotatable bonds is 5. The van der Waals surface area contributed by atoms with Gasteiger partial charge in [0.05, 0.1) is 37.0 Å². The maximum Gasteiger partial charge on any atom is 0.272 e. The second kappa shape index (κ2) is 9.19. The van der Waals surface area contributed by atoms with E-state index >= 15 is 0 Å². The Hall–Kier alpha value is -2.72. The SMILES string of the molecule is O=C(Nc1cnc(N2CCOCC2)cc1N1CCCCC1)C1=CSC(c2cn[nH]c2)N1. The maximum absolute atomic E-state index is 13.0. The molecule has 0 radical (unpaired) electrons. The average Bonchev–Trinajstić information content (AvgIpc) is 3.53. The van der Waals surface area contributed by atoms with Crippen LogP contribution in [0.5, 0.6) is 0 Å². The van der Waals surface area contributed by atoms with Crippen molar-refractivity contribution < 1.29 is 9.53 Å². The van der Waals surface area contributed by atoms with Crippen molar-refractivity contribution in [3.63, 3.8) is 0 Å². The molecule has 9 nitrogen and oxygen atoms in total. The van der Waals surface area contributed by atoms with Crippen molar-refractivity contribution in [2.45, 2.75) is 24.6 Å². The summed E-state index contributed by atoms with van der Waals surface area (Å²) in [5, 5.41) is 15.0. The van der Waals surface area contributed by atoms with E-state index in [0.717, 1.165) is 48.9 Å². The predicted molar refractivity (Wildman–Crippen MR) is 122 cm³/mol. The molecule has 0 saturated carbocycles. The van der Waals surface area contributed by atoms with Crippen LogP contribution in [0.1, 0.15) is 30.2 Å². The molecule has 2 aromatic heterocycles. The fourth-order valence-corrected chi connectivity index (χ4v) is 5.04. The van der Waals surface area contributed by atoms with Gasteiger partial charge in [0.2, 0.25) is 0 Å². The van der Waals surface area contributed by atoms with Gasteiger partial charge in [-0.05, 0) is 19.3 Å². The maximum atomic E-state index is 13.0. The number of H-pyrrole nitrogens is 1. The van der Waals surface area contributed by atoms with Crippen LogP contribution in [0.3, 0.4) is 0 Å². The second-order valence-electron chi connectivity index (χ2n) is 7.88. The molecule has 0 spiro atoms. The van der Waals surface area contributed by atoms with E-state index in [9.17, 15) is 4.79 Å². The number of nitrogens with zero attached hydrogens (tertiary/aromatic N) is 4. The van der Waals surface area contributed by atoms with Gasteiger partial charge in [-0.25, -0.2) is 4.98 Å². The Labute approximate surface area is 185 Å². The van der Waals surface area contributed by atoms with Crippen LogP contribution < -0.4 is 20.4 Å². The molecule has 3 aliphatic heterocycles. The summed E-state index contributed by atoms with van der Waals surface area (Å²) in [4.78, 5) is 22.3. The van der Waals surface area contributed by atoms with E-state index in [2.05, 4.69) is 41.7 Å². The molecular formula is C21H27N7O2S. The second-order valence-corrected chi connectivity index (χ2v) is 8.86. The molecule has 164 valence electrons. The van der Waals surface area contributed by atoms with Gasteiger partial charge in [0.1, 0.15) is 16.9 Å². The van der Waals surface area contributed by atoms with E-state index in [1.807, 2.05) is 11.6 Å². The number of pyridine rings is 1. The lowest BCUT2D eigenvalue weighted by Gasteiger charge is -2.33. The van der Waals surface area contributed by atoms with Gasteiger partial charge in [0.25, 0.3) is 5.91 Å². The van der Waals surface area contributed by atoms with Crippen LogP contribution in [-0.4, -0.2) is 60.5 Å². The third kappa shape index (κ3) is 4.49. The number of amides is 1. The van der Waals surface area contributed by atoms with E-state index in [0.29, 0.717) is 18.9 Å². The lowest BCUT2D eigenvalue weighted by molar-refractivity contribution is -0.113. The quantitative estimate of drug-likeness (QED) is 0.651. The Balaban J connectivity index is 1.34. The summed E-state index contributed by atoms with van der Waals surface area (Å²) in [5.74, 6) is 0.785. The van der Waals surface area contributed by atoms with E-state index in [1.54, 1.807) is 24.2 Å². The third-order valence-electron chi connectivity index (χ3n) is 5.82. The molecule has 31 heavy (non-hydrogen) atoms. The first-order valence-corrected chi connectivity index (χ1v) is 11.7. The zero-order valence-corrected chi connectivity index (χ0v) is 18.2. The molecule has 10 heteroatoms. The molecule has 2 aromatic rings. The molecule has 1 amide bonds. The zero-order valence-electron chi connectivity index (χ0n) is 17.3. The summed E-state index contributed by atoms with van der Waals surface area (Å²) < 4.78 is 5.48. The number of thioether (sulfide) groups is 1. The molecule has 3 N–H and O–H groups in total. The smallest absolute Gasteiger partial charge is 0.272 e. The molecule has 5 rings (SSSR count). The van der Waals surface area contributed by atoms with Crippen LogP contribution in [0.15, 0.2) is 35.8 Å². The molecule has 1 unspecified atom stereocenters. The Morgan fingerprint density at radius 2 is 1.97 bits per heavy atom. The Kier molecular flexibility index (Phi) is 5.99. The van der Waals surface area contributed by atoms with Gasteiger partial charge in [0, 0.05) is 49.4 Å². The number of ether oxygens (including phenoxy) is 1. The van der Waals surface area contributed by atoms with Crippen molar-refractivity contribution >= 4 is 34.9 Å². The number of nitrogens with one attached hydrogen (secondary N) is 3. The highest BCUT2D eigenvalue weighted by Gasteiger charge is 2.25. The van der Waals surface area contributed by atoms with Crippen LogP contribution >= 0.6 is 11.8 Å². The van der Waals surface area contributed by atoms with Crippen LogP contribution in [-0.2, 0) is 9.53 Å². The number of morpholine rings is 1. The molecule has 1 atom stereocenters. The van der Waals surface area contributed by atoms with Crippen LogP contribution in [0.4, 0.5) is 17.2 Å². The Morgan fingerprint density at radius 1 is 1.13 bits per heavy atom. The minimum absolute atomic E-state index is 0.0112. The van der Waals surface area contributed by atoms with Crippen molar-refractivity contribution in [1.82, 2.24) is 20.5 Å². The molecule has 5 heterocycles. The molecule has 0 aromatic carbocycles. The fourth-order valence-electron chi connectivity index (χ4n) is 4.11. The number of piperidine rings is 1. The summed E-state index contributed by atoms with van der Waals surface area (Å²) in [7, 11) is 0. The summed E-state index contributed by atoms with van der Waals surface area (Å²) in [6.45, 7) is 5.09. The molecule has 2 saturated heterocycles. The van der Waals surface area contributed by atoms with Gasteiger partial charge >= 0.3 is 0 Å². The normalized spacial score (nSPS) is 21.5. The van der Waals surface area contributed by atoms with Crippen molar-refractivity contribution in [2.75, 3.05) is 54.5 Å². The van der Waals surface area contributed by atoms with Crippen molar-refractivity contribution in [3.8, 4) is 0 Å². The van der Waals surface area contributed by atoms with E-state index in [-0.39, 0.29) is 11.3 Å². The molecular weight excluding hydrogens is 414 g/mol. The minimum Gasteiger partial charge on any atom is -0.378 e. The van der Waals surface area contributed by atoms with Crippen molar-refractivity contribution in [1.29, 1.82) is 0 Å². The first-order chi connectivity index (χ1) is 15.3. The number of aromatic nitrogens is 3. The first kappa shape index (κ1) is 20.2. The van der Waals surface area contributed by atoms with Crippen LogP contribution in [0, 0.1) is 0 Å². The first-order valence-electron chi connectivity index (χ1n) is 10.8. The lowest BCUT2D eigenvalue weighted by Crippen LogP contribution is -2.37. The highest BCUT2D eigenvalue weighted by molar-refractivity contribution is 8.02. The summed E-state index contributed by atoms with van der Waals surface area (Å²) in [6.07, 6.45) is 8.98. The van der Waals surface area contributed by atoms with Gasteiger partial charge in [-0.3, -0.25) is 9.89 Å². The van der Waals surface area contributed by atoms with Gasteiger partial charge in [0.15, 0.2) is 0 Å². The summed E-state index contributed by atoms with van der Waals surface area (Å²) >= 11 is 1.56. The standard InChI is InChI=1S/C21H27N7O2S/c29-20(17-14-31-21(26-17)15-11-23-24-12-15)25-16-13-22-19(28-6-8-30-9-7-28)10-18(16)27-4-2-1-3-5-27/h10-14,21,26H,1-9H2,(H,23,24)(H,25,29). The summed E-state index contributed by atoms with van der Waals surface area (Å²) in [6, 6.07) is 2.12. The van der Waals surface area contributed by atoms with Crippen LogP contribution in [0.2, 0.25) is 0 Å². The average molecular weight is 442 g/mol. The van der Waals surface area contributed by atoms with Crippen LogP contribution in [0.25, 0.3) is 0 Å². The fraction of sp³-hybridized carbons (Fsp3) is 0.476. The Bertz CT molecular complexity index is 937. The Morgan fingerprint density at radius 3 is 2.74 bits per heavy atom. The minimum atomic E-state index is -0.155. The largest absolute Gasteiger partial charge is 0.378 e. The number of carbonyl (C=O) groups is 1. The molecule has 0 aliphatic carbocycles. The molecule has 2 fully saturated rings. The van der Waals surface area contributed by atoms with Gasteiger partial charge in [-0.15, -0.1) is 11.8 Å². The van der Waals surface area contributed by atoms with Gasteiger partial charge in [-0.2, -0.15) is 5.10 Å². The van der Waals surface area contributed by atoms with Crippen molar-refractivity contribution in [3.05, 3.63) is 41.3 Å². The monoisotopic (exact) mass is 441 g/mol. The zero-order chi connectivity index (χ0) is 21.0. The number of anilines is 3. The highest BCUT2D eigenvalue weighted by atomic mass is 32.2. The van der Waals surface area contributed by atoms with Gasteiger partial charge < -0.3 is 25.2 Å². The lowest BCUT2D eigenvalue weighted by atomic mass is 10.1. The number of aromatic amines is 1. The third-order valence-corrected chi connectivity index (χ3v) is 6.86.